The van der Waals surface area contributed by atoms with E-state index in [1.165, 1.54) is 11.3 Å². The number of benzene rings is 1. The van der Waals surface area contributed by atoms with E-state index in [0.29, 0.717) is 28.1 Å². The highest BCUT2D eigenvalue weighted by Crippen LogP contribution is 2.30. The Labute approximate surface area is 169 Å². The van der Waals surface area contributed by atoms with Gasteiger partial charge in [0.25, 0.3) is 11.5 Å². The number of fused-ring (bicyclic) bond motifs is 1. The topological polar surface area (TPSA) is 79.0 Å². The van der Waals surface area contributed by atoms with Crippen LogP contribution in [-0.4, -0.2) is 32.3 Å². The van der Waals surface area contributed by atoms with Gasteiger partial charge in [-0.05, 0) is 37.4 Å². The van der Waals surface area contributed by atoms with Gasteiger partial charge in [-0.2, -0.15) is 11.3 Å². The predicted molar refractivity (Wildman–Crippen MR) is 113 cm³/mol. The van der Waals surface area contributed by atoms with Crippen LogP contribution in [0.1, 0.15) is 28.1 Å². The SMILES string of the molecule is CCN(Cc1nc2ccccc2c(=O)[nH]1)C(=O)c1sc(-c2ccsc2)nc1C. The van der Waals surface area contributed by atoms with Crippen molar-refractivity contribution in [1.29, 1.82) is 0 Å². The molecule has 0 fully saturated rings. The summed E-state index contributed by atoms with van der Waals surface area (Å²) in [6, 6.07) is 9.18. The van der Waals surface area contributed by atoms with Gasteiger partial charge >= 0.3 is 0 Å². The Kier molecular flexibility index (Phi) is 5.06. The number of aromatic nitrogens is 3. The Balaban J connectivity index is 1.63. The van der Waals surface area contributed by atoms with Crippen molar-refractivity contribution in [3.05, 3.63) is 67.8 Å². The first-order valence-electron chi connectivity index (χ1n) is 8.84. The third kappa shape index (κ3) is 3.48. The molecule has 0 unspecified atom stereocenters. The van der Waals surface area contributed by atoms with Crippen molar-refractivity contribution < 1.29 is 4.79 Å². The Morgan fingerprint density at radius 2 is 2.04 bits per heavy atom. The van der Waals surface area contributed by atoms with Crippen LogP contribution < -0.4 is 5.56 Å². The monoisotopic (exact) mass is 410 g/mol. The zero-order valence-electron chi connectivity index (χ0n) is 15.4. The van der Waals surface area contributed by atoms with Gasteiger partial charge in [0.2, 0.25) is 0 Å². The fraction of sp³-hybridized carbons (Fsp3) is 0.200. The van der Waals surface area contributed by atoms with Gasteiger partial charge in [-0.15, -0.1) is 11.3 Å². The maximum Gasteiger partial charge on any atom is 0.266 e. The third-order valence-corrected chi connectivity index (χ3v) is 6.31. The van der Waals surface area contributed by atoms with Crippen molar-refractivity contribution in [2.45, 2.75) is 20.4 Å². The van der Waals surface area contributed by atoms with Crippen LogP contribution in [0.2, 0.25) is 0 Å². The maximum atomic E-state index is 13.1. The number of amides is 1. The molecule has 3 aromatic heterocycles. The average Bonchev–Trinajstić information content (AvgIpc) is 3.35. The van der Waals surface area contributed by atoms with Crippen LogP contribution in [0.25, 0.3) is 21.5 Å². The summed E-state index contributed by atoms with van der Waals surface area (Å²) in [5.74, 6) is 0.369. The Morgan fingerprint density at radius 3 is 2.79 bits per heavy atom. The largest absolute Gasteiger partial charge is 0.331 e. The molecule has 1 amide bonds. The number of nitrogens with one attached hydrogen (secondary N) is 1. The molecule has 1 aromatic carbocycles. The highest BCUT2D eigenvalue weighted by molar-refractivity contribution is 7.17. The van der Waals surface area contributed by atoms with Crippen LogP contribution in [0.3, 0.4) is 0 Å². The van der Waals surface area contributed by atoms with Crippen LogP contribution >= 0.6 is 22.7 Å². The summed E-state index contributed by atoms with van der Waals surface area (Å²) in [7, 11) is 0. The summed E-state index contributed by atoms with van der Waals surface area (Å²) < 4.78 is 0. The molecule has 0 aliphatic rings. The van der Waals surface area contributed by atoms with E-state index < -0.39 is 0 Å². The molecule has 1 N–H and O–H groups in total. The van der Waals surface area contributed by atoms with Crippen LogP contribution in [0.15, 0.2) is 45.9 Å². The lowest BCUT2D eigenvalue weighted by Crippen LogP contribution is -2.31. The second kappa shape index (κ2) is 7.65. The summed E-state index contributed by atoms with van der Waals surface area (Å²) in [4.78, 5) is 39.5. The van der Waals surface area contributed by atoms with Crippen LogP contribution in [0.4, 0.5) is 0 Å². The quantitative estimate of drug-likeness (QED) is 0.538. The van der Waals surface area contributed by atoms with Gasteiger partial charge in [-0.25, -0.2) is 9.97 Å². The third-order valence-electron chi connectivity index (χ3n) is 4.43. The molecule has 0 bridgehead atoms. The molecule has 142 valence electrons. The van der Waals surface area contributed by atoms with E-state index in [4.69, 9.17) is 0 Å². The van der Waals surface area contributed by atoms with Crippen LogP contribution in [0.5, 0.6) is 0 Å². The van der Waals surface area contributed by atoms with Gasteiger partial charge in [0.1, 0.15) is 15.7 Å². The fourth-order valence-electron chi connectivity index (χ4n) is 2.97. The van der Waals surface area contributed by atoms with Crippen LogP contribution in [-0.2, 0) is 6.54 Å². The standard InChI is InChI=1S/C20H18N4O2S2/c1-3-24(10-16-22-15-7-5-4-6-14(15)18(25)23-16)20(26)17-12(2)21-19(28-17)13-8-9-27-11-13/h4-9,11H,3,10H2,1-2H3,(H,22,23,25). The highest BCUT2D eigenvalue weighted by Gasteiger charge is 2.22. The highest BCUT2D eigenvalue weighted by atomic mass is 32.1. The number of carbonyl (C=O) groups is 1. The first kappa shape index (κ1) is 18.5. The Morgan fingerprint density at radius 1 is 1.21 bits per heavy atom. The molecule has 0 spiro atoms. The molecule has 6 nitrogen and oxygen atoms in total. The maximum absolute atomic E-state index is 13.1. The number of hydrogen-bond acceptors (Lipinski definition) is 6. The van der Waals surface area contributed by atoms with E-state index in [-0.39, 0.29) is 18.0 Å². The second-order valence-electron chi connectivity index (χ2n) is 6.29. The molecule has 0 radical (unpaired) electrons. The molecule has 0 saturated heterocycles. The Hall–Kier alpha value is -2.84. The van der Waals surface area contributed by atoms with Gasteiger partial charge in [0.05, 0.1) is 23.1 Å². The number of aromatic amines is 1. The van der Waals surface area contributed by atoms with Crippen molar-refractivity contribution >= 4 is 39.5 Å². The summed E-state index contributed by atoms with van der Waals surface area (Å²) in [5.41, 5.74) is 2.17. The van der Waals surface area contributed by atoms with Gasteiger partial charge in [0.15, 0.2) is 0 Å². The van der Waals surface area contributed by atoms with Crippen molar-refractivity contribution in [2.24, 2.45) is 0 Å². The molecule has 0 saturated carbocycles. The Bertz CT molecular complexity index is 1190. The summed E-state index contributed by atoms with van der Waals surface area (Å²) in [6.45, 7) is 4.50. The van der Waals surface area contributed by atoms with Crippen molar-refractivity contribution in [3.8, 4) is 10.6 Å². The van der Waals surface area contributed by atoms with Crippen molar-refractivity contribution in [3.63, 3.8) is 0 Å². The predicted octanol–water partition coefficient (Wildman–Crippen LogP) is 4.08. The first-order valence-corrected chi connectivity index (χ1v) is 10.6. The summed E-state index contributed by atoms with van der Waals surface area (Å²) >= 11 is 3.00. The molecule has 8 heteroatoms. The van der Waals surface area contributed by atoms with E-state index in [1.54, 1.807) is 34.4 Å². The average molecular weight is 411 g/mol. The zero-order chi connectivity index (χ0) is 19.7. The smallest absolute Gasteiger partial charge is 0.266 e. The minimum absolute atomic E-state index is 0.102. The van der Waals surface area contributed by atoms with Crippen LogP contribution in [0, 0.1) is 6.92 Å². The van der Waals surface area contributed by atoms with Gasteiger partial charge in [-0.1, -0.05) is 12.1 Å². The minimum Gasteiger partial charge on any atom is -0.331 e. The lowest BCUT2D eigenvalue weighted by molar-refractivity contribution is 0.0752. The van der Waals surface area contributed by atoms with Gasteiger partial charge < -0.3 is 9.88 Å². The number of nitrogens with zero attached hydrogens (tertiary/aromatic N) is 3. The molecule has 0 aliphatic heterocycles. The summed E-state index contributed by atoms with van der Waals surface area (Å²) in [6.07, 6.45) is 0. The molecule has 3 heterocycles. The van der Waals surface area contributed by atoms with E-state index in [9.17, 15) is 9.59 Å². The van der Waals surface area contributed by atoms with E-state index in [2.05, 4.69) is 15.0 Å². The van der Waals surface area contributed by atoms with Gasteiger partial charge in [0, 0.05) is 17.5 Å². The molecular weight excluding hydrogens is 392 g/mol. The lowest BCUT2D eigenvalue weighted by atomic mass is 10.2. The van der Waals surface area contributed by atoms with Crippen molar-refractivity contribution in [2.75, 3.05) is 6.54 Å². The number of hydrogen-bond donors (Lipinski definition) is 1. The van der Waals surface area contributed by atoms with E-state index >= 15 is 0 Å². The van der Waals surface area contributed by atoms with Gasteiger partial charge in [-0.3, -0.25) is 9.59 Å². The normalized spacial score (nSPS) is 11.1. The number of carbonyl (C=O) groups excluding carboxylic acids is 1. The number of aryl methyl sites for hydroxylation is 1. The van der Waals surface area contributed by atoms with E-state index in [0.717, 1.165) is 16.3 Å². The molecule has 28 heavy (non-hydrogen) atoms. The molecule has 0 aliphatic carbocycles. The molecular formula is C20H18N4O2S2. The van der Waals surface area contributed by atoms with E-state index in [1.807, 2.05) is 36.7 Å². The lowest BCUT2D eigenvalue weighted by Gasteiger charge is -2.19. The number of H-pyrrole nitrogens is 1. The van der Waals surface area contributed by atoms with Crippen molar-refractivity contribution in [1.82, 2.24) is 19.9 Å². The number of thiazole rings is 1. The second-order valence-corrected chi connectivity index (χ2v) is 8.07. The molecule has 4 rings (SSSR count). The molecule has 4 aromatic rings. The number of rotatable bonds is 5. The fourth-order valence-corrected chi connectivity index (χ4v) is 4.71. The summed E-state index contributed by atoms with van der Waals surface area (Å²) in [5, 5.41) is 5.40. The first-order chi connectivity index (χ1) is 13.6. The zero-order valence-corrected chi connectivity index (χ0v) is 17.1. The molecule has 0 atom stereocenters. The number of thiophene rings is 1. The number of para-hydroxylation sites is 1. The minimum atomic E-state index is -0.196.